The van der Waals surface area contributed by atoms with Crippen molar-refractivity contribution in [3.63, 3.8) is 0 Å². The number of anilines is 1. The molecule has 0 saturated carbocycles. The maximum atomic E-state index is 13.8. The molecule has 2 aliphatic heterocycles. The number of rotatable bonds is 5. The summed E-state index contributed by atoms with van der Waals surface area (Å²) in [5, 5.41) is 0. The topological polar surface area (TPSA) is 66.9 Å². The summed E-state index contributed by atoms with van der Waals surface area (Å²) in [5.41, 5.74) is 1.64. The molecule has 0 N–H and O–H groups in total. The second-order valence-corrected chi connectivity index (χ2v) is 9.89. The summed E-state index contributed by atoms with van der Waals surface area (Å²) in [7, 11) is -3.62. The molecule has 31 heavy (non-hydrogen) atoms. The lowest BCUT2D eigenvalue weighted by molar-refractivity contribution is -0.123. The van der Waals surface area contributed by atoms with Gasteiger partial charge in [0.05, 0.1) is 11.5 Å². The van der Waals surface area contributed by atoms with Gasteiger partial charge < -0.3 is 9.64 Å². The van der Waals surface area contributed by atoms with E-state index in [0.29, 0.717) is 37.4 Å². The minimum absolute atomic E-state index is 0.0373. The van der Waals surface area contributed by atoms with Crippen LogP contribution in [-0.4, -0.2) is 44.9 Å². The standard InChI is InChI=1S/C23H27FN2O4S/c1-2-30-20-7-9-21(10-8-20)31(28,29)25-14-11-18(12-15-25)23(27)26-13-3-4-17-5-6-19(24)16-22(17)26/h5-10,16,18H,2-4,11-15H2,1H3. The molecule has 2 aromatic carbocycles. The zero-order chi connectivity index (χ0) is 22.0. The molecule has 0 radical (unpaired) electrons. The first-order chi connectivity index (χ1) is 14.9. The van der Waals surface area contributed by atoms with Gasteiger partial charge in [0.1, 0.15) is 11.6 Å². The second kappa shape index (κ2) is 8.96. The fourth-order valence-electron chi connectivity index (χ4n) is 4.36. The Labute approximate surface area is 182 Å². The number of carbonyl (C=O) groups is 1. The maximum Gasteiger partial charge on any atom is 0.243 e. The predicted octanol–water partition coefficient (Wildman–Crippen LogP) is 3.60. The number of nitrogens with zero attached hydrogens (tertiary/aromatic N) is 2. The van der Waals surface area contributed by atoms with E-state index in [0.717, 1.165) is 18.4 Å². The van der Waals surface area contributed by atoms with Gasteiger partial charge in [0.2, 0.25) is 15.9 Å². The van der Waals surface area contributed by atoms with E-state index in [1.54, 1.807) is 35.2 Å². The fraction of sp³-hybridized carbons (Fsp3) is 0.435. The van der Waals surface area contributed by atoms with Gasteiger partial charge in [-0.3, -0.25) is 4.79 Å². The van der Waals surface area contributed by atoms with Gasteiger partial charge in [-0.1, -0.05) is 6.07 Å². The number of aryl methyl sites for hydroxylation is 1. The SMILES string of the molecule is CCOc1ccc(S(=O)(=O)N2CCC(C(=O)N3CCCc4ccc(F)cc43)CC2)cc1. The number of amides is 1. The number of ether oxygens (including phenoxy) is 1. The second-order valence-electron chi connectivity index (χ2n) is 7.95. The van der Waals surface area contributed by atoms with E-state index in [2.05, 4.69) is 0 Å². The molecule has 0 bridgehead atoms. The number of fused-ring (bicyclic) bond motifs is 1. The Bertz CT molecular complexity index is 1050. The normalized spacial score (nSPS) is 17.9. The quantitative estimate of drug-likeness (QED) is 0.704. The maximum absolute atomic E-state index is 13.8. The van der Waals surface area contributed by atoms with Gasteiger partial charge in [0.25, 0.3) is 0 Å². The van der Waals surface area contributed by atoms with Crippen molar-refractivity contribution in [2.75, 3.05) is 31.1 Å². The van der Waals surface area contributed by atoms with Crippen LogP contribution in [0.1, 0.15) is 31.7 Å². The van der Waals surface area contributed by atoms with E-state index in [9.17, 15) is 17.6 Å². The first-order valence-corrected chi connectivity index (χ1v) is 12.2. The molecule has 2 aromatic rings. The molecule has 1 saturated heterocycles. The van der Waals surface area contributed by atoms with Gasteiger partial charge >= 0.3 is 0 Å². The van der Waals surface area contributed by atoms with Crippen molar-refractivity contribution >= 4 is 21.6 Å². The number of hydrogen-bond donors (Lipinski definition) is 0. The van der Waals surface area contributed by atoms with Crippen LogP contribution in [0.5, 0.6) is 5.75 Å². The summed E-state index contributed by atoms with van der Waals surface area (Å²) in [4.78, 5) is 15.1. The van der Waals surface area contributed by atoms with E-state index < -0.39 is 10.0 Å². The molecule has 2 aliphatic rings. The van der Waals surface area contributed by atoms with Gasteiger partial charge in [-0.05, 0) is 74.6 Å². The Balaban J connectivity index is 1.43. The van der Waals surface area contributed by atoms with E-state index in [1.165, 1.54) is 16.4 Å². The average molecular weight is 447 g/mol. The lowest BCUT2D eigenvalue weighted by Crippen LogP contribution is -2.45. The van der Waals surface area contributed by atoms with Crippen LogP contribution in [-0.2, 0) is 21.2 Å². The van der Waals surface area contributed by atoms with Crippen LogP contribution in [0.15, 0.2) is 47.4 Å². The highest BCUT2D eigenvalue weighted by Crippen LogP contribution is 2.32. The summed E-state index contributed by atoms with van der Waals surface area (Å²) in [6.07, 6.45) is 2.58. The molecule has 0 atom stereocenters. The van der Waals surface area contributed by atoms with E-state index >= 15 is 0 Å². The number of halogens is 1. The molecule has 0 spiro atoms. The highest BCUT2D eigenvalue weighted by atomic mass is 32.2. The molecule has 1 fully saturated rings. The summed E-state index contributed by atoms with van der Waals surface area (Å²) in [6, 6.07) is 11.0. The summed E-state index contributed by atoms with van der Waals surface area (Å²) < 4.78 is 46.5. The third-order valence-electron chi connectivity index (χ3n) is 6.01. The predicted molar refractivity (Wildman–Crippen MR) is 116 cm³/mol. The third-order valence-corrected chi connectivity index (χ3v) is 7.92. The molecule has 2 heterocycles. The third kappa shape index (κ3) is 4.45. The van der Waals surface area contributed by atoms with Crippen LogP contribution in [0.2, 0.25) is 0 Å². The van der Waals surface area contributed by atoms with Crippen LogP contribution < -0.4 is 9.64 Å². The smallest absolute Gasteiger partial charge is 0.243 e. The van der Waals surface area contributed by atoms with E-state index in [1.807, 2.05) is 6.92 Å². The number of benzene rings is 2. The number of sulfonamides is 1. The van der Waals surface area contributed by atoms with Crippen molar-refractivity contribution < 1.29 is 22.3 Å². The van der Waals surface area contributed by atoms with Crippen LogP contribution in [0.25, 0.3) is 0 Å². The monoisotopic (exact) mass is 446 g/mol. The van der Waals surface area contributed by atoms with E-state index in [4.69, 9.17) is 4.74 Å². The summed E-state index contributed by atoms with van der Waals surface area (Å²) in [5.74, 6) is -0.0237. The Morgan fingerprint density at radius 1 is 1.10 bits per heavy atom. The lowest BCUT2D eigenvalue weighted by Gasteiger charge is -2.36. The van der Waals surface area contributed by atoms with Crippen molar-refractivity contribution in [3.8, 4) is 5.75 Å². The minimum atomic E-state index is -3.62. The molecule has 0 unspecified atom stereocenters. The lowest BCUT2D eigenvalue weighted by atomic mass is 9.94. The Morgan fingerprint density at radius 2 is 1.81 bits per heavy atom. The molecule has 1 amide bonds. The molecular formula is C23H27FN2O4S. The first-order valence-electron chi connectivity index (χ1n) is 10.7. The summed E-state index contributed by atoms with van der Waals surface area (Å²) >= 11 is 0. The zero-order valence-electron chi connectivity index (χ0n) is 17.6. The van der Waals surface area contributed by atoms with Crippen molar-refractivity contribution in [2.45, 2.75) is 37.5 Å². The fourth-order valence-corrected chi connectivity index (χ4v) is 5.83. The van der Waals surface area contributed by atoms with Crippen molar-refractivity contribution in [2.24, 2.45) is 5.92 Å². The average Bonchev–Trinajstić information content (AvgIpc) is 2.79. The molecular weight excluding hydrogens is 419 g/mol. The van der Waals surface area contributed by atoms with Crippen molar-refractivity contribution in [1.82, 2.24) is 4.31 Å². The van der Waals surface area contributed by atoms with Crippen molar-refractivity contribution in [1.29, 1.82) is 0 Å². The van der Waals surface area contributed by atoms with Crippen LogP contribution in [0.4, 0.5) is 10.1 Å². The largest absolute Gasteiger partial charge is 0.494 e. The van der Waals surface area contributed by atoms with Crippen molar-refractivity contribution in [3.05, 3.63) is 53.8 Å². The van der Waals surface area contributed by atoms with Crippen LogP contribution in [0.3, 0.4) is 0 Å². The molecule has 166 valence electrons. The molecule has 4 rings (SSSR count). The van der Waals surface area contributed by atoms with Gasteiger partial charge in [-0.2, -0.15) is 4.31 Å². The van der Waals surface area contributed by atoms with Crippen LogP contribution in [0, 0.1) is 11.7 Å². The summed E-state index contributed by atoms with van der Waals surface area (Å²) in [6.45, 7) is 3.53. The molecule has 6 nitrogen and oxygen atoms in total. The molecule has 8 heteroatoms. The highest BCUT2D eigenvalue weighted by molar-refractivity contribution is 7.89. The molecule has 0 aromatic heterocycles. The van der Waals surface area contributed by atoms with Gasteiger partial charge in [0, 0.05) is 31.2 Å². The number of carbonyl (C=O) groups excluding carboxylic acids is 1. The minimum Gasteiger partial charge on any atom is -0.494 e. The van der Waals surface area contributed by atoms with Crippen LogP contribution >= 0.6 is 0 Å². The Kier molecular flexibility index (Phi) is 6.29. The number of piperidine rings is 1. The van der Waals surface area contributed by atoms with E-state index in [-0.39, 0.29) is 35.6 Å². The number of hydrogen-bond acceptors (Lipinski definition) is 4. The molecule has 0 aliphatic carbocycles. The van der Waals surface area contributed by atoms with Gasteiger partial charge in [-0.25, -0.2) is 12.8 Å². The van der Waals surface area contributed by atoms with Gasteiger partial charge in [-0.15, -0.1) is 0 Å². The highest BCUT2D eigenvalue weighted by Gasteiger charge is 2.35. The zero-order valence-corrected chi connectivity index (χ0v) is 18.4. The Hall–Kier alpha value is -2.45. The first kappa shape index (κ1) is 21.8. The van der Waals surface area contributed by atoms with Gasteiger partial charge in [0.15, 0.2) is 0 Å². The Morgan fingerprint density at radius 3 is 2.48 bits per heavy atom.